The van der Waals surface area contributed by atoms with Crippen molar-refractivity contribution in [2.24, 2.45) is 5.73 Å². The van der Waals surface area contributed by atoms with Crippen LogP contribution in [0.5, 0.6) is 11.5 Å². The van der Waals surface area contributed by atoms with Crippen molar-refractivity contribution < 1.29 is 14.0 Å². The third-order valence-corrected chi connectivity index (χ3v) is 4.16. The molecule has 6 heteroatoms. The lowest BCUT2D eigenvalue weighted by atomic mass is 9.99. The van der Waals surface area contributed by atoms with Crippen LogP contribution in [-0.4, -0.2) is 23.4 Å². The van der Waals surface area contributed by atoms with Gasteiger partial charge in [-0.25, -0.2) is 0 Å². The number of aromatic nitrogens is 2. The summed E-state index contributed by atoms with van der Waals surface area (Å²) in [5.74, 6) is 2.53. The van der Waals surface area contributed by atoms with E-state index in [0.29, 0.717) is 30.7 Å². The Hall–Kier alpha value is -2.08. The molecule has 1 saturated carbocycles. The van der Waals surface area contributed by atoms with E-state index < -0.39 is 5.54 Å². The van der Waals surface area contributed by atoms with Gasteiger partial charge in [-0.3, -0.25) is 0 Å². The van der Waals surface area contributed by atoms with Gasteiger partial charge in [0.05, 0.1) is 5.54 Å². The third kappa shape index (κ3) is 2.15. The molecule has 2 N–H and O–H groups in total. The predicted octanol–water partition coefficient (Wildman–Crippen LogP) is 2.24. The monoisotopic (exact) mass is 287 g/mol. The van der Waals surface area contributed by atoms with Gasteiger partial charge in [0.1, 0.15) is 13.2 Å². The highest BCUT2D eigenvalue weighted by Crippen LogP contribution is 2.37. The maximum atomic E-state index is 6.35. The van der Waals surface area contributed by atoms with Gasteiger partial charge in [0, 0.05) is 5.56 Å². The van der Waals surface area contributed by atoms with E-state index in [4.69, 9.17) is 19.7 Å². The molecule has 6 nitrogen and oxygen atoms in total. The smallest absolute Gasteiger partial charge is 0.258 e. The van der Waals surface area contributed by atoms with Crippen LogP contribution in [0.4, 0.5) is 0 Å². The predicted molar refractivity (Wildman–Crippen MR) is 75.1 cm³/mol. The Labute approximate surface area is 122 Å². The zero-order valence-electron chi connectivity index (χ0n) is 11.7. The van der Waals surface area contributed by atoms with Crippen molar-refractivity contribution in [1.82, 2.24) is 10.1 Å². The summed E-state index contributed by atoms with van der Waals surface area (Å²) < 4.78 is 16.5. The fourth-order valence-corrected chi connectivity index (χ4v) is 2.95. The molecule has 110 valence electrons. The number of nitrogens with two attached hydrogens (primary N) is 1. The van der Waals surface area contributed by atoms with Gasteiger partial charge in [-0.1, -0.05) is 18.0 Å². The molecule has 0 amide bonds. The first-order valence-electron chi connectivity index (χ1n) is 7.28. The lowest BCUT2D eigenvalue weighted by molar-refractivity contribution is 0.171. The van der Waals surface area contributed by atoms with Gasteiger partial charge in [-0.15, -0.1) is 0 Å². The van der Waals surface area contributed by atoms with E-state index in [0.717, 1.165) is 37.0 Å². The topological polar surface area (TPSA) is 83.4 Å². The van der Waals surface area contributed by atoms with Crippen LogP contribution in [0.25, 0.3) is 11.5 Å². The van der Waals surface area contributed by atoms with E-state index in [9.17, 15) is 0 Å². The van der Waals surface area contributed by atoms with Crippen LogP contribution in [0.15, 0.2) is 22.7 Å². The van der Waals surface area contributed by atoms with Crippen LogP contribution in [0.2, 0.25) is 0 Å². The SMILES string of the molecule is NC1(c2noc(-c3ccc4c(c3)OCCO4)n2)CCCC1. The van der Waals surface area contributed by atoms with Crippen LogP contribution in [0, 0.1) is 0 Å². The fraction of sp³-hybridized carbons (Fsp3) is 0.467. The van der Waals surface area contributed by atoms with Crippen molar-refractivity contribution in [3.05, 3.63) is 24.0 Å². The third-order valence-electron chi connectivity index (χ3n) is 4.16. The van der Waals surface area contributed by atoms with Crippen molar-refractivity contribution >= 4 is 0 Å². The van der Waals surface area contributed by atoms with Crippen molar-refractivity contribution in [3.63, 3.8) is 0 Å². The maximum Gasteiger partial charge on any atom is 0.258 e. The van der Waals surface area contributed by atoms with Crippen LogP contribution < -0.4 is 15.2 Å². The number of rotatable bonds is 2. The van der Waals surface area contributed by atoms with Crippen molar-refractivity contribution in [3.8, 4) is 23.0 Å². The van der Waals surface area contributed by atoms with Gasteiger partial charge in [-0.2, -0.15) is 4.98 Å². The van der Waals surface area contributed by atoms with Crippen LogP contribution in [-0.2, 0) is 5.54 Å². The van der Waals surface area contributed by atoms with Crippen LogP contribution >= 0.6 is 0 Å². The Morgan fingerprint density at radius 3 is 2.62 bits per heavy atom. The average Bonchev–Trinajstić information content (AvgIpc) is 3.17. The van der Waals surface area contributed by atoms with E-state index in [1.54, 1.807) is 0 Å². The Morgan fingerprint density at radius 1 is 1.05 bits per heavy atom. The van der Waals surface area contributed by atoms with Gasteiger partial charge < -0.3 is 19.7 Å². The van der Waals surface area contributed by atoms with Gasteiger partial charge in [0.15, 0.2) is 17.3 Å². The minimum Gasteiger partial charge on any atom is -0.486 e. The Kier molecular flexibility index (Phi) is 2.85. The quantitative estimate of drug-likeness (QED) is 0.912. The van der Waals surface area contributed by atoms with Gasteiger partial charge in [0.25, 0.3) is 5.89 Å². The second kappa shape index (κ2) is 4.73. The average molecular weight is 287 g/mol. The molecular weight excluding hydrogens is 270 g/mol. The van der Waals surface area contributed by atoms with Gasteiger partial charge in [0.2, 0.25) is 0 Å². The molecule has 1 aliphatic carbocycles. The molecular formula is C15H17N3O3. The van der Waals surface area contributed by atoms with Crippen molar-refractivity contribution in [2.45, 2.75) is 31.2 Å². The minimum absolute atomic E-state index is 0.435. The Bertz CT molecular complexity index is 662. The zero-order valence-corrected chi connectivity index (χ0v) is 11.7. The fourth-order valence-electron chi connectivity index (χ4n) is 2.95. The molecule has 0 atom stereocenters. The summed E-state index contributed by atoms with van der Waals surface area (Å²) >= 11 is 0. The summed E-state index contributed by atoms with van der Waals surface area (Å²) in [6.07, 6.45) is 4.05. The highest BCUT2D eigenvalue weighted by atomic mass is 16.6. The summed E-state index contributed by atoms with van der Waals surface area (Å²) in [5.41, 5.74) is 6.74. The molecule has 0 saturated heterocycles. The summed E-state index contributed by atoms with van der Waals surface area (Å²) in [4.78, 5) is 4.48. The van der Waals surface area contributed by atoms with Crippen LogP contribution in [0.1, 0.15) is 31.5 Å². The highest BCUT2D eigenvalue weighted by molar-refractivity contribution is 5.60. The standard InChI is InChI=1S/C15H17N3O3/c16-15(5-1-2-6-15)14-17-13(21-18-14)10-3-4-11-12(9-10)20-8-7-19-11/h3-4,9H,1-2,5-8,16H2. The normalized spacial score (nSPS) is 19.7. The first-order chi connectivity index (χ1) is 10.2. The number of hydrogen-bond donors (Lipinski definition) is 1. The molecule has 21 heavy (non-hydrogen) atoms. The Morgan fingerprint density at radius 2 is 1.81 bits per heavy atom. The van der Waals surface area contributed by atoms with E-state index in [1.165, 1.54) is 0 Å². The summed E-state index contributed by atoms with van der Waals surface area (Å²) in [5, 5.41) is 4.08. The summed E-state index contributed by atoms with van der Waals surface area (Å²) in [6, 6.07) is 5.62. The van der Waals surface area contributed by atoms with E-state index in [-0.39, 0.29) is 0 Å². The number of ether oxygens (including phenoxy) is 2. The second-order valence-corrected chi connectivity index (χ2v) is 5.64. The summed E-state index contributed by atoms with van der Waals surface area (Å²) in [6.45, 7) is 1.13. The molecule has 1 aromatic carbocycles. The number of fused-ring (bicyclic) bond motifs is 1. The van der Waals surface area contributed by atoms with Gasteiger partial charge >= 0.3 is 0 Å². The van der Waals surface area contributed by atoms with Gasteiger partial charge in [-0.05, 0) is 31.0 Å². The number of hydrogen-bond acceptors (Lipinski definition) is 6. The first kappa shape index (κ1) is 12.6. The molecule has 1 aliphatic heterocycles. The lowest BCUT2D eigenvalue weighted by Crippen LogP contribution is -2.34. The van der Waals surface area contributed by atoms with Crippen LogP contribution in [0.3, 0.4) is 0 Å². The van der Waals surface area contributed by atoms with E-state index >= 15 is 0 Å². The zero-order chi connectivity index (χ0) is 14.3. The van der Waals surface area contributed by atoms with E-state index in [2.05, 4.69) is 10.1 Å². The maximum absolute atomic E-state index is 6.35. The van der Waals surface area contributed by atoms with Crippen molar-refractivity contribution in [1.29, 1.82) is 0 Å². The minimum atomic E-state index is -0.435. The first-order valence-corrected chi connectivity index (χ1v) is 7.28. The van der Waals surface area contributed by atoms with E-state index in [1.807, 2.05) is 18.2 Å². The molecule has 0 radical (unpaired) electrons. The molecule has 1 fully saturated rings. The molecule has 2 aromatic rings. The lowest BCUT2D eigenvalue weighted by Gasteiger charge is -2.18. The molecule has 0 spiro atoms. The Balaban J connectivity index is 1.66. The molecule has 0 unspecified atom stereocenters. The summed E-state index contributed by atoms with van der Waals surface area (Å²) in [7, 11) is 0. The number of benzene rings is 1. The second-order valence-electron chi connectivity index (χ2n) is 5.64. The molecule has 1 aromatic heterocycles. The number of nitrogens with zero attached hydrogens (tertiary/aromatic N) is 2. The molecule has 2 heterocycles. The highest BCUT2D eigenvalue weighted by Gasteiger charge is 2.36. The molecule has 4 rings (SSSR count). The molecule has 0 bridgehead atoms. The molecule has 2 aliphatic rings. The largest absolute Gasteiger partial charge is 0.486 e. The van der Waals surface area contributed by atoms with Crippen molar-refractivity contribution in [2.75, 3.05) is 13.2 Å².